The summed E-state index contributed by atoms with van der Waals surface area (Å²) in [6.07, 6.45) is 7.44. The lowest BCUT2D eigenvalue weighted by molar-refractivity contribution is 0.319. The Hall–Kier alpha value is -12.0. The molecule has 14 aromatic rings. The Morgan fingerprint density at radius 2 is 0.902 bits per heavy atom. The summed E-state index contributed by atoms with van der Waals surface area (Å²) < 4.78 is 4.61. The molecule has 0 N–H and O–H groups in total. The van der Waals surface area contributed by atoms with E-state index in [4.69, 9.17) is 15.0 Å². The van der Waals surface area contributed by atoms with Gasteiger partial charge < -0.3 is 9.13 Å². The summed E-state index contributed by atoms with van der Waals surface area (Å²) in [4.78, 5) is 16.6. The molecule has 3 atom stereocenters. The monoisotopic (exact) mass is 1180 g/mol. The van der Waals surface area contributed by atoms with E-state index < -0.39 is 0 Å². The van der Waals surface area contributed by atoms with Gasteiger partial charge in [-0.3, -0.25) is 0 Å². The molecule has 0 fully saturated rings. The van der Waals surface area contributed by atoms with Crippen LogP contribution in [0.4, 0.5) is 0 Å². The van der Waals surface area contributed by atoms with Crippen LogP contribution in [0.3, 0.4) is 0 Å². The van der Waals surface area contributed by atoms with Gasteiger partial charge in [0.25, 0.3) is 0 Å². The predicted octanol–water partition coefficient (Wildman–Crippen LogP) is 20.8. The highest BCUT2D eigenvalue weighted by molar-refractivity contribution is 6.13. The Bertz CT molecular complexity index is 5340. The molecule has 8 heteroatoms. The van der Waals surface area contributed by atoms with Gasteiger partial charge in [0.1, 0.15) is 0 Å². The maximum absolute atomic E-state index is 11.0. The molecule has 11 aromatic carbocycles. The zero-order valence-corrected chi connectivity index (χ0v) is 51.1. The number of hydrogen-bond donors (Lipinski definition) is 0. The normalized spacial score (nSPS) is 14.2. The van der Waals surface area contributed by atoms with Gasteiger partial charge in [0, 0.05) is 56.8 Å². The molecule has 436 valence electrons. The van der Waals surface area contributed by atoms with Gasteiger partial charge in [-0.05, 0) is 194 Å². The van der Waals surface area contributed by atoms with Crippen LogP contribution in [0.25, 0.3) is 144 Å². The SMILES string of the molecule is CC(C/C=C/C#N)[C@H]1CC=C(c2nc(-c3cc(C#N)cc(-c4ccccc4-c4ccc5c(c4)c4cc(-c6ccccc6)ccc4n5C)c3)nc(-c3ccc(-c4cccc(C#N)c4)cc3-n3c4ccc(-c5ccccc5)cc4c4cc(-c5ccccc5)ccc43)n2)[C@H]1C. The number of aromatic nitrogens is 5. The minimum absolute atomic E-state index is 0.0738. The number of benzene rings is 11. The summed E-state index contributed by atoms with van der Waals surface area (Å²) in [5.41, 5.74) is 21.2. The molecule has 3 aromatic heterocycles. The first-order valence-electron chi connectivity index (χ1n) is 31.3. The Morgan fingerprint density at radius 1 is 0.435 bits per heavy atom. The molecule has 92 heavy (non-hydrogen) atoms. The van der Waals surface area contributed by atoms with Crippen molar-refractivity contribution in [1.29, 1.82) is 15.8 Å². The van der Waals surface area contributed by atoms with Crippen LogP contribution in [0.1, 0.15) is 43.6 Å². The van der Waals surface area contributed by atoms with Gasteiger partial charge >= 0.3 is 0 Å². The standard InChI is InChI=1S/C84H60N8/c1-53(18-15-16-41-85)68-35-36-69(54(68)2)83-88-82(67-44-56(52-87)43-66(45-67)71-28-14-13-27-70(71)65-33-38-78-74(49-65)73-46-61(30-37-77(73)91(78)3)57-20-7-4-8-21-57)89-84(90-83)72-34-29-64(60-26-17-19-55(42-60)51-86)50-81(72)92-79-39-31-62(58-22-9-5-10-23-58)47-75(79)76-48-63(32-40-80(76)92)59-24-11-6-12-25-59/h4-17,19-34,36-40,42-50,53-54,68H,18,35H2,1-3H3/b16-15+/t53?,54-,68+/m0/s1. The lowest BCUT2D eigenvalue weighted by atomic mass is 9.81. The Morgan fingerprint density at radius 3 is 1.50 bits per heavy atom. The molecule has 0 spiro atoms. The van der Waals surface area contributed by atoms with Crippen molar-refractivity contribution in [2.75, 3.05) is 0 Å². The molecule has 0 radical (unpaired) electrons. The third kappa shape index (κ3) is 10.3. The van der Waals surface area contributed by atoms with Gasteiger partial charge in [0.15, 0.2) is 17.5 Å². The fraction of sp³-hybridized carbons (Fsp3) is 0.0952. The third-order valence-corrected chi connectivity index (χ3v) is 18.8. The van der Waals surface area contributed by atoms with Crippen LogP contribution in [0.5, 0.6) is 0 Å². The Balaban J connectivity index is 0.936. The van der Waals surface area contributed by atoms with Crippen LogP contribution in [-0.2, 0) is 7.05 Å². The molecule has 0 saturated carbocycles. The van der Waals surface area contributed by atoms with E-state index in [-0.39, 0.29) is 17.8 Å². The molecule has 15 rings (SSSR count). The second-order valence-electron chi connectivity index (χ2n) is 24.2. The molecular formula is C84H60N8. The highest BCUT2D eigenvalue weighted by Gasteiger charge is 2.33. The van der Waals surface area contributed by atoms with E-state index in [1.807, 2.05) is 54.6 Å². The molecule has 0 saturated heterocycles. The lowest BCUT2D eigenvalue weighted by Crippen LogP contribution is -2.17. The number of aryl methyl sites for hydroxylation is 1. The molecule has 1 aliphatic rings. The predicted molar refractivity (Wildman–Crippen MR) is 375 cm³/mol. The van der Waals surface area contributed by atoms with E-state index in [0.717, 1.165) is 129 Å². The van der Waals surface area contributed by atoms with Crippen molar-refractivity contribution in [3.05, 3.63) is 284 Å². The summed E-state index contributed by atoms with van der Waals surface area (Å²) in [6.45, 7) is 4.53. The zero-order valence-electron chi connectivity index (χ0n) is 51.1. The zero-order chi connectivity index (χ0) is 62.4. The smallest absolute Gasteiger partial charge is 0.166 e. The molecule has 8 nitrogen and oxygen atoms in total. The van der Waals surface area contributed by atoms with Crippen LogP contribution in [0.2, 0.25) is 0 Å². The first kappa shape index (κ1) is 56.5. The summed E-state index contributed by atoms with van der Waals surface area (Å²) in [6, 6.07) is 94.1. The molecule has 0 aliphatic heterocycles. The number of fused-ring (bicyclic) bond motifs is 6. The topological polar surface area (TPSA) is 120 Å². The summed E-state index contributed by atoms with van der Waals surface area (Å²) in [7, 11) is 2.13. The quantitative estimate of drug-likeness (QED) is 0.106. The molecule has 0 bridgehead atoms. The molecule has 3 heterocycles. The lowest BCUT2D eigenvalue weighted by Gasteiger charge is -2.24. The summed E-state index contributed by atoms with van der Waals surface area (Å²) in [5, 5.41) is 35.1. The number of rotatable bonds is 13. The maximum atomic E-state index is 11.0. The van der Waals surface area contributed by atoms with E-state index in [1.54, 1.807) is 6.08 Å². The second kappa shape index (κ2) is 23.8. The molecular weight excluding hydrogens is 1120 g/mol. The Labute approximate surface area is 534 Å². The van der Waals surface area contributed by atoms with E-state index in [9.17, 15) is 15.8 Å². The van der Waals surface area contributed by atoms with Crippen LogP contribution < -0.4 is 0 Å². The highest BCUT2D eigenvalue weighted by Crippen LogP contribution is 2.46. The van der Waals surface area contributed by atoms with Crippen molar-refractivity contribution in [1.82, 2.24) is 24.1 Å². The number of allylic oxidation sites excluding steroid dienone is 4. The fourth-order valence-corrected chi connectivity index (χ4v) is 14.1. The van der Waals surface area contributed by atoms with Crippen molar-refractivity contribution >= 4 is 49.2 Å². The fourth-order valence-electron chi connectivity index (χ4n) is 14.1. The van der Waals surface area contributed by atoms with Crippen molar-refractivity contribution in [3.63, 3.8) is 0 Å². The van der Waals surface area contributed by atoms with Gasteiger partial charge in [-0.1, -0.05) is 184 Å². The van der Waals surface area contributed by atoms with E-state index in [2.05, 4.69) is 255 Å². The minimum atomic E-state index is 0.0738. The van der Waals surface area contributed by atoms with Gasteiger partial charge in [-0.2, -0.15) is 15.8 Å². The average Bonchev–Trinajstić information content (AvgIpc) is 1.56. The molecule has 1 unspecified atom stereocenters. The van der Waals surface area contributed by atoms with E-state index in [0.29, 0.717) is 34.2 Å². The minimum Gasteiger partial charge on any atom is -0.344 e. The average molecular weight is 1180 g/mol. The first-order chi connectivity index (χ1) is 45.2. The third-order valence-electron chi connectivity index (χ3n) is 18.8. The van der Waals surface area contributed by atoms with Crippen LogP contribution in [0.15, 0.2) is 267 Å². The van der Waals surface area contributed by atoms with Crippen LogP contribution in [0, 0.1) is 51.7 Å². The van der Waals surface area contributed by atoms with E-state index in [1.165, 1.54) is 10.9 Å². The van der Waals surface area contributed by atoms with Gasteiger partial charge in [-0.15, -0.1) is 0 Å². The van der Waals surface area contributed by atoms with Crippen LogP contribution in [-0.4, -0.2) is 24.1 Å². The number of nitrogens with zero attached hydrogens (tertiary/aromatic N) is 8. The largest absolute Gasteiger partial charge is 0.344 e. The summed E-state index contributed by atoms with van der Waals surface area (Å²) >= 11 is 0. The van der Waals surface area contributed by atoms with Crippen molar-refractivity contribution in [2.45, 2.75) is 26.7 Å². The van der Waals surface area contributed by atoms with Gasteiger partial charge in [0.2, 0.25) is 0 Å². The van der Waals surface area contributed by atoms with Gasteiger partial charge in [0.05, 0.1) is 46.1 Å². The first-order valence-corrected chi connectivity index (χ1v) is 31.3. The number of hydrogen-bond acceptors (Lipinski definition) is 6. The second-order valence-corrected chi connectivity index (χ2v) is 24.2. The molecule has 1 aliphatic carbocycles. The van der Waals surface area contributed by atoms with Crippen molar-refractivity contribution < 1.29 is 0 Å². The van der Waals surface area contributed by atoms with Crippen molar-refractivity contribution in [2.24, 2.45) is 24.8 Å². The van der Waals surface area contributed by atoms with E-state index >= 15 is 0 Å². The van der Waals surface area contributed by atoms with Crippen LogP contribution >= 0.6 is 0 Å². The number of nitriles is 3. The maximum Gasteiger partial charge on any atom is 0.166 e. The van der Waals surface area contributed by atoms with Gasteiger partial charge in [-0.25, -0.2) is 15.0 Å². The summed E-state index contributed by atoms with van der Waals surface area (Å²) in [5.74, 6) is 2.11. The molecule has 0 amide bonds. The van der Waals surface area contributed by atoms with Crippen molar-refractivity contribution in [3.8, 4) is 113 Å². The highest BCUT2D eigenvalue weighted by atomic mass is 15.1. The Kier molecular flexibility index (Phi) is 14.6.